The summed E-state index contributed by atoms with van der Waals surface area (Å²) in [7, 11) is -3.84. The van der Waals surface area contributed by atoms with Crippen LogP contribution >= 0.6 is 0 Å². The lowest BCUT2D eigenvalue weighted by atomic mass is 10.0. The average Bonchev–Trinajstić information content (AvgIpc) is 2.40. The quantitative estimate of drug-likeness (QED) is 0.826. The molecule has 0 spiro atoms. The van der Waals surface area contributed by atoms with Gasteiger partial charge in [-0.25, -0.2) is 13.6 Å². The number of hydrogen-bond donors (Lipinski definition) is 2. The molecule has 0 aromatic heterocycles. The van der Waals surface area contributed by atoms with Crippen LogP contribution in [0.5, 0.6) is 0 Å². The van der Waals surface area contributed by atoms with Crippen molar-refractivity contribution in [3.8, 4) is 0 Å². The summed E-state index contributed by atoms with van der Waals surface area (Å²) in [6, 6.07) is 3.18. The van der Waals surface area contributed by atoms with Gasteiger partial charge in [0, 0.05) is 31.2 Å². The fourth-order valence-electron chi connectivity index (χ4n) is 2.55. The van der Waals surface area contributed by atoms with Gasteiger partial charge in [0.25, 0.3) is 5.91 Å². The van der Waals surface area contributed by atoms with E-state index in [0.717, 1.165) is 18.7 Å². The Morgan fingerprint density at radius 3 is 2.62 bits per heavy atom. The Hall–Kier alpha value is -1.44. The molecule has 1 aliphatic heterocycles. The summed E-state index contributed by atoms with van der Waals surface area (Å²) in [5, 5.41) is 8.46. The van der Waals surface area contributed by atoms with Crippen LogP contribution in [0.15, 0.2) is 17.0 Å². The van der Waals surface area contributed by atoms with Gasteiger partial charge in [-0.15, -0.1) is 0 Å². The van der Waals surface area contributed by atoms with Crippen molar-refractivity contribution in [2.45, 2.75) is 31.7 Å². The number of hydrogen-bond acceptors (Lipinski definition) is 4. The molecule has 21 heavy (non-hydrogen) atoms. The first kappa shape index (κ1) is 15.9. The van der Waals surface area contributed by atoms with Gasteiger partial charge in [0.1, 0.15) is 0 Å². The average molecular weight is 311 g/mol. The highest BCUT2D eigenvalue weighted by Crippen LogP contribution is 2.22. The topological polar surface area (TPSA) is 92.5 Å². The van der Waals surface area contributed by atoms with E-state index in [-0.39, 0.29) is 16.8 Å². The van der Waals surface area contributed by atoms with Crippen molar-refractivity contribution in [3.05, 3.63) is 28.8 Å². The molecule has 116 valence electrons. The number of rotatable bonds is 2. The first-order chi connectivity index (χ1) is 9.71. The second kappa shape index (κ2) is 5.75. The number of carbonyl (C=O) groups is 1. The molecule has 1 fully saturated rings. The molecule has 0 radical (unpaired) electrons. The van der Waals surface area contributed by atoms with Gasteiger partial charge in [-0.1, -0.05) is 0 Å². The number of benzene rings is 1. The number of nitrogens with two attached hydrogens (primary N) is 1. The van der Waals surface area contributed by atoms with Crippen LogP contribution in [-0.2, 0) is 10.0 Å². The molecule has 0 unspecified atom stereocenters. The largest absolute Gasteiger partial charge is 0.333 e. The summed E-state index contributed by atoms with van der Waals surface area (Å²) < 4.78 is 23.3. The Kier molecular flexibility index (Phi) is 4.36. The van der Waals surface area contributed by atoms with Crippen molar-refractivity contribution in [1.82, 2.24) is 10.2 Å². The maximum Gasteiger partial charge on any atom is 0.254 e. The van der Waals surface area contributed by atoms with Crippen molar-refractivity contribution in [1.29, 1.82) is 0 Å². The second-order valence-corrected chi connectivity index (χ2v) is 7.04. The van der Waals surface area contributed by atoms with Crippen LogP contribution in [0.4, 0.5) is 0 Å². The Bertz CT molecular complexity index is 670. The van der Waals surface area contributed by atoms with E-state index >= 15 is 0 Å². The maximum absolute atomic E-state index is 12.6. The molecular weight excluding hydrogens is 290 g/mol. The molecule has 6 nitrogen and oxygen atoms in total. The van der Waals surface area contributed by atoms with Crippen molar-refractivity contribution in [2.75, 3.05) is 19.6 Å². The summed E-state index contributed by atoms with van der Waals surface area (Å²) in [6.07, 6.45) is 0. The lowest BCUT2D eigenvalue weighted by Crippen LogP contribution is -2.52. The minimum Gasteiger partial charge on any atom is -0.333 e. The zero-order valence-electron chi connectivity index (χ0n) is 12.5. The van der Waals surface area contributed by atoms with Crippen LogP contribution in [0.1, 0.15) is 28.4 Å². The molecule has 0 aliphatic carbocycles. The Labute approximate surface area is 125 Å². The smallest absolute Gasteiger partial charge is 0.254 e. The van der Waals surface area contributed by atoms with Crippen LogP contribution in [0, 0.1) is 13.8 Å². The van der Waals surface area contributed by atoms with Gasteiger partial charge in [-0.2, -0.15) is 0 Å². The van der Waals surface area contributed by atoms with E-state index < -0.39 is 10.0 Å². The minimum absolute atomic E-state index is 0.0219. The van der Waals surface area contributed by atoms with Crippen molar-refractivity contribution in [2.24, 2.45) is 5.14 Å². The number of sulfonamides is 1. The number of amides is 1. The summed E-state index contributed by atoms with van der Waals surface area (Å²) in [4.78, 5) is 14.4. The zero-order chi connectivity index (χ0) is 15.8. The number of nitrogens with one attached hydrogen (secondary N) is 1. The summed E-state index contributed by atoms with van der Waals surface area (Å²) >= 11 is 0. The fourth-order valence-corrected chi connectivity index (χ4v) is 3.43. The fraction of sp³-hybridized carbons (Fsp3) is 0.500. The summed E-state index contributed by atoms with van der Waals surface area (Å²) in [5.41, 5.74) is 1.70. The van der Waals surface area contributed by atoms with E-state index in [1.54, 1.807) is 24.8 Å². The Morgan fingerprint density at radius 1 is 1.38 bits per heavy atom. The number of aryl methyl sites for hydroxylation is 1. The molecule has 2 rings (SSSR count). The van der Waals surface area contributed by atoms with Gasteiger partial charge in [0.2, 0.25) is 10.0 Å². The van der Waals surface area contributed by atoms with Crippen LogP contribution in [0.3, 0.4) is 0 Å². The third-order valence-electron chi connectivity index (χ3n) is 3.94. The highest BCUT2D eigenvalue weighted by Gasteiger charge is 2.26. The van der Waals surface area contributed by atoms with Gasteiger partial charge in [0.15, 0.2) is 0 Å². The normalized spacial score (nSPS) is 19.6. The van der Waals surface area contributed by atoms with Crippen LogP contribution in [0.25, 0.3) is 0 Å². The van der Waals surface area contributed by atoms with Crippen molar-refractivity contribution >= 4 is 15.9 Å². The lowest BCUT2D eigenvalue weighted by molar-refractivity contribution is 0.0655. The van der Waals surface area contributed by atoms with E-state index in [9.17, 15) is 13.2 Å². The first-order valence-electron chi connectivity index (χ1n) is 6.87. The molecule has 1 heterocycles. The molecule has 0 saturated carbocycles. The van der Waals surface area contributed by atoms with Gasteiger partial charge in [0.05, 0.1) is 4.90 Å². The molecular formula is C14H21N3O3S. The molecule has 3 N–H and O–H groups in total. The molecule has 1 atom stereocenters. The molecule has 1 saturated heterocycles. The highest BCUT2D eigenvalue weighted by molar-refractivity contribution is 7.89. The zero-order valence-corrected chi connectivity index (χ0v) is 13.3. The van der Waals surface area contributed by atoms with Gasteiger partial charge >= 0.3 is 0 Å². The van der Waals surface area contributed by atoms with Crippen LogP contribution < -0.4 is 10.5 Å². The highest BCUT2D eigenvalue weighted by atomic mass is 32.2. The van der Waals surface area contributed by atoms with E-state index in [1.165, 1.54) is 6.07 Å². The summed E-state index contributed by atoms with van der Waals surface area (Å²) in [6.45, 7) is 7.52. The second-order valence-electron chi connectivity index (χ2n) is 5.51. The lowest BCUT2D eigenvalue weighted by Gasteiger charge is -2.34. The molecule has 7 heteroatoms. The molecule has 1 aliphatic rings. The number of nitrogens with zero attached hydrogens (tertiary/aromatic N) is 1. The van der Waals surface area contributed by atoms with Gasteiger partial charge in [-0.05, 0) is 44.0 Å². The van der Waals surface area contributed by atoms with Crippen molar-refractivity contribution < 1.29 is 13.2 Å². The number of piperazine rings is 1. The molecule has 1 aromatic carbocycles. The predicted octanol–water partition coefficient (Wildman–Crippen LogP) is 0.385. The Morgan fingerprint density at radius 2 is 2.05 bits per heavy atom. The molecule has 1 aromatic rings. The first-order valence-corrected chi connectivity index (χ1v) is 8.42. The minimum atomic E-state index is -3.84. The van der Waals surface area contributed by atoms with Gasteiger partial charge in [-0.3, -0.25) is 4.79 Å². The monoisotopic (exact) mass is 311 g/mol. The van der Waals surface area contributed by atoms with Crippen LogP contribution in [0.2, 0.25) is 0 Å². The van der Waals surface area contributed by atoms with Crippen molar-refractivity contribution in [3.63, 3.8) is 0 Å². The summed E-state index contributed by atoms with van der Waals surface area (Å²) in [5.74, 6) is -0.156. The standard InChI is InChI=1S/C14H21N3O3S/c1-9-6-12(7-13(11(9)3)21(15,19)20)14(18)17-5-4-16-8-10(17)2/h6-7,10,16H,4-5,8H2,1-3H3,(H2,15,19,20)/t10-/m1/s1. The third kappa shape index (κ3) is 3.25. The number of primary sulfonamides is 1. The van der Waals surface area contributed by atoms with E-state index in [2.05, 4.69) is 5.32 Å². The SMILES string of the molecule is Cc1cc(C(=O)N2CCNC[C@H]2C)cc(S(N)(=O)=O)c1C. The van der Waals surface area contributed by atoms with E-state index in [1.807, 2.05) is 6.92 Å². The Balaban J connectivity index is 2.45. The van der Waals surface area contributed by atoms with Gasteiger partial charge < -0.3 is 10.2 Å². The predicted molar refractivity (Wildman–Crippen MR) is 80.7 cm³/mol. The number of carbonyl (C=O) groups excluding carboxylic acids is 1. The van der Waals surface area contributed by atoms with E-state index in [4.69, 9.17) is 5.14 Å². The maximum atomic E-state index is 12.6. The third-order valence-corrected chi connectivity index (χ3v) is 4.97. The molecule has 1 amide bonds. The van der Waals surface area contributed by atoms with E-state index in [0.29, 0.717) is 17.7 Å². The molecule has 0 bridgehead atoms. The van der Waals surface area contributed by atoms with Crippen LogP contribution in [-0.4, -0.2) is 44.9 Å².